The van der Waals surface area contributed by atoms with Crippen molar-refractivity contribution in [1.82, 2.24) is 4.98 Å². The number of nitrogens with zero attached hydrogens (tertiary/aromatic N) is 1. The number of ether oxygens (including phenoxy) is 1. The van der Waals surface area contributed by atoms with Gasteiger partial charge in [0.2, 0.25) is 5.88 Å². The highest BCUT2D eigenvalue weighted by molar-refractivity contribution is 5.45. The molecule has 1 rings (SSSR count). The topological polar surface area (TPSA) is 48.1 Å². The second kappa shape index (κ2) is 4.36. The number of hydrogen-bond acceptors (Lipinski definition) is 3. The monoisotopic (exact) mass is 176 g/mol. The van der Waals surface area contributed by atoms with Crippen molar-refractivity contribution in [2.24, 2.45) is 0 Å². The lowest BCUT2D eigenvalue weighted by Gasteiger charge is -2.04. The highest BCUT2D eigenvalue weighted by atomic mass is 16.5. The highest BCUT2D eigenvalue weighted by Crippen LogP contribution is 2.14. The number of aryl methyl sites for hydroxylation is 1. The summed E-state index contributed by atoms with van der Waals surface area (Å²) in [7, 11) is 0. The molecule has 3 nitrogen and oxygen atoms in total. The smallest absolute Gasteiger partial charge is 0.213 e. The van der Waals surface area contributed by atoms with Gasteiger partial charge in [-0.25, -0.2) is 4.98 Å². The van der Waals surface area contributed by atoms with Gasteiger partial charge in [-0.3, -0.25) is 0 Å². The molecular weight excluding hydrogens is 164 g/mol. The van der Waals surface area contributed by atoms with Gasteiger partial charge in [0.1, 0.15) is 6.61 Å². The zero-order valence-electron chi connectivity index (χ0n) is 7.58. The number of pyridine rings is 1. The van der Waals surface area contributed by atoms with Gasteiger partial charge >= 0.3 is 0 Å². The summed E-state index contributed by atoms with van der Waals surface area (Å²) in [5.74, 6) is 3.06. The van der Waals surface area contributed by atoms with Gasteiger partial charge in [0.25, 0.3) is 0 Å². The Bertz CT molecular complexity index is 328. The zero-order valence-corrected chi connectivity index (χ0v) is 7.58. The molecule has 68 valence electrons. The third kappa shape index (κ3) is 2.68. The Balaban J connectivity index is 2.59. The first-order valence-electron chi connectivity index (χ1n) is 4.02. The Morgan fingerprint density at radius 3 is 3.08 bits per heavy atom. The van der Waals surface area contributed by atoms with Gasteiger partial charge in [-0.2, -0.15) is 0 Å². The van der Waals surface area contributed by atoms with Crippen LogP contribution < -0.4 is 10.5 Å². The lowest BCUT2D eigenvalue weighted by molar-refractivity contribution is 0.314. The van der Waals surface area contributed by atoms with E-state index in [9.17, 15) is 0 Å². The summed E-state index contributed by atoms with van der Waals surface area (Å²) in [6, 6.07) is 1.80. The fourth-order valence-electron chi connectivity index (χ4n) is 0.834. The first-order chi connectivity index (χ1) is 6.24. The van der Waals surface area contributed by atoms with Crippen LogP contribution in [0, 0.1) is 19.3 Å². The van der Waals surface area contributed by atoms with Crippen LogP contribution in [0.25, 0.3) is 0 Å². The highest BCUT2D eigenvalue weighted by Gasteiger charge is 1.97. The number of nitrogen functional groups attached to an aromatic ring is 1. The van der Waals surface area contributed by atoms with Gasteiger partial charge in [-0.1, -0.05) is 0 Å². The predicted octanol–water partition coefficient (Wildman–Crippen LogP) is 1.37. The lowest BCUT2D eigenvalue weighted by Crippen LogP contribution is -1.99. The molecule has 0 radical (unpaired) electrons. The molecule has 0 amide bonds. The molecule has 0 saturated carbocycles. The summed E-state index contributed by atoms with van der Waals surface area (Å²) in [5.41, 5.74) is 7.23. The molecular formula is C10H12N2O. The summed E-state index contributed by atoms with van der Waals surface area (Å²) in [5, 5.41) is 0. The molecule has 0 saturated heterocycles. The van der Waals surface area contributed by atoms with Gasteiger partial charge in [0.15, 0.2) is 0 Å². The minimum absolute atomic E-state index is 0.493. The molecule has 0 fully saturated rings. The Morgan fingerprint density at radius 2 is 2.46 bits per heavy atom. The third-order valence-electron chi connectivity index (χ3n) is 1.62. The SMILES string of the molecule is C#CCCOc1cc(C)c(N)cn1. The molecule has 0 aliphatic carbocycles. The van der Waals surface area contributed by atoms with Crippen LogP contribution in [0.5, 0.6) is 5.88 Å². The van der Waals surface area contributed by atoms with E-state index in [2.05, 4.69) is 10.9 Å². The van der Waals surface area contributed by atoms with Crippen molar-refractivity contribution in [2.45, 2.75) is 13.3 Å². The average Bonchev–Trinajstić information content (AvgIpc) is 2.12. The number of hydrogen-bond donors (Lipinski definition) is 1. The Kier molecular flexibility index (Phi) is 3.15. The quantitative estimate of drug-likeness (QED) is 0.559. The van der Waals surface area contributed by atoms with Crippen LogP contribution in [0.1, 0.15) is 12.0 Å². The van der Waals surface area contributed by atoms with Crippen LogP contribution in [0.15, 0.2) is 12.3 Å². The number of terminal acetylenes is 1. The normalized spacial score (nSPS) is 9.23. The van der Waals surface area contributed by atoms with E-state index in [-0.39, 0.29) is 0 Å². The first-order valence-corrected chi connectivity index (χ1v) is 4.02. The second-order valence-electron chi connectivity index (χ2n) is 2.68. The van der Waals surface area contributed by atoms with Crippen molar-refractivity contribution >= 4 is 5.69 Å². The predicted molar refractivity (Wildman–Crippen MR) is 52.3 cm³/mol. The average molecular weight is 176 g/mol. The van der Waals surface area contributed by atoms with Crippen molar-refractivity contribution in [3.63, 3.8) is 0 Å². The number of anilines is 1. The summed E-state index contributed by atoms with van der Waals surface area (Å²) >= 11 is 0. The molecule has 0 spiro atoms. The van der Waals surface area contributed by atoms with Crippen LogP contribution in [0.2, 0.25) is 0 Å². The molecule has 0 aliphatic rings. The van der Waals surface area contributed by atoms with E-state index in [1.54, 1.807) is 12.3 Å². The Hall–Kier alpha value is -1.69. The molecule has 0 unspecified atom stereocenters. The molecule has 0 aromatic carbocycles. The van der Waals surface area contributed by atoms with Crippen LogP contribution in [-0.2, 0) is 0 Å². The molecule has 13 heavy (non-hydrogen) atoms. The molecule has 1 aromatic rings. The minimum atomic E-state index is 0.493. The number of aromatic nitrogens is 1. The van der Waals surface area contributed by atoms with E-state index in [1.807, 2.05) is 6.92 Å². The fraction of sp³-hybridized carbons (Fsp3) is 0.300. The van der Waals surface area contributed by atoms with Crippen LogP contribution in [0.4, 0.5) is 5.69 Å². The van der Waals surface area contributed by atoms with Crippen molar-refractivity contribution in [3.05, 3.63) is 17.8 Å². The molecule has 1 aromatic heterocycles. The van der Waals surface area contributed by atoms with Gasteiger partial charge in [-0.05, 0) is 12.5 Å². The van der Waals surface area contributed by atoms with Crippen LogP contribution >= 0.6 is 0 Å². The van der Waals surface area contributed by atoms with Gasteiger partial charge < -0.3 is 10.5 Å². The largest absolute Gasteiger partial charge is 0.477 e. The third-order valence-corrected chi connectivity index (χ3v) is 1.62. The molecule has 2 N–H and O–H groups in total. The van der Waals surface area contributed by atoms with Crippen LogP contribution in [-0.4, -0.2) is 11.6 Å². The van der Waals surface area contributed by atoms with E-state index < -0.39 is 0 Å². The zero-order chi connectivity index (χ0) is 9.68. The minimum Gasteiger partial charge on any atom is -0.477 e. The van der Waals surface area contributed by atoms with E-state index in [0.717, 1.165) is 5.56 Å². The second-order valence-corrected chi connectivity index (χ2v) is 2.68. The van der Waals surface area contributed by atoms with Gasteiger partial charge in [-0.15, -0.1) is 12.3 Å². The molecule has 0 aliphatic heterocycles. The first kappa shape index (κ1) is 9.40. The van der Waals surface area contributed by atoms with Crippen molar-refractivity contribution < 1.29 is 4.74 Å². The maximum absolute atomic E-state index is 5.59. The van der Waals surface area contributed by atoms with Crippen molar-refractivity contribution in [2.75, 3.05) is 12.3 Å². The molecule has 1 heterocycles. The summed E-state index contributed by atoms with van der Waals surface area (Å²) in [6.45, 7) is 2.40. The van der Waals surface area contributed by atoms with Gasteiger partial charge in [0, 0.05) is 12.5 Å². The fourth-order valence-corrected chi connectivity index (χ4v) is 0.834. The molecule has 0 atom stereocenters. The van der Waals surface area contributed by atoms with E-state index in [4.69, 9.17) is 16.9 Å². The Morgan fingerprint density at radius 1 is 1.69 bits per heavy atom. The lowest BCUT2D eigenvalue weighted by atomic mass is 10.2. The summed E-state index contributed by atoms with van der Waals surface area (Å²) in [6.07, 6.45) is 7.25. The standard InChI is InChI=1S/C10H12N2O/c1-3-4-5-13-10-6-8(2)9(11)7-12-10/h1,6-7H,4-5,11H2,2H3. The van der Waals surface area contributed by atoms with E-state index in [0.29, 0.717) is 24.6 Å². The van der Waals surface area contributed by atoms with Crippen molar-refractivity contribution in [3.8, 4) is 18.2 Å². The molecule has 0 bridgehead atoms. The summed E-state index contributed by atoms with van der Waals surface area (Å²) < 4.78 is 5.27. The van der Waals surface area contributed by atoms with Crippen molar-refractivity contribution in [1.29, 1.82) is 0 Å². The number of nitrogens with two attached hydrogens (primary N) is 1. The maximum Gasteiger partial charge on any atom is 0.213 e. The van der Waals surface area contributed by atoms with E-state index in [1.165, 1.54) is 0 Å². The van der Waals surface area contributed by atoms with Crippen LogP contribution in [0.3, 0.4) is 0 Å². The van der Waals surface area contributed by atoms with E-state index >= 15 is 0 Å². The number of rotatable bonds is 3. The maximum atomic E-state index is 5.59. The van der Waals surface area contributed by atoms with Gasteiger partial charge in [0.05, 0.1) is 11.9 Å². The molecule has 3 heteroatoms. The Labute approximate surface area is 77.9 Å². The summed E-state index contributed by atoms with van der Waals surface area (Å²) in [4.78, 5) is 4.00.